The lowest BCUT2D eigenvalue weighted by molar-refractivity contribution is 1.10. The normalized spacial score (nSPS) is 17.0. The smallest absolute Gasteiger partial charge is 0.00974 e. The van der Waals surface area contributed by atoms with E-state index in [9.17, 15) is 0 Å². The minimum atomic E-state index is 0.911. The maximum absolute atomic E-state index is 2.35. The molecule has 0 amide bonds. The van der Waals surface area contributed by atoms with Gasteiger partial charge in [0.1, 0.15) is 0 Å². The van der Waals surface area contributed by atoms with Crippen molar-refractivity contribution in [3.05, 3.63) is 48.0 Å². The van der Waals surface area contributed by atoms with Crippen molar-refractivity contribution in [1.82, 2.24) is 0 Å². The molecule has 0 saturated heterocycles. The van der Waals surface area contributed by atoms with Gasteiger partial charge in [-0.1, -0.05) is 42.5 Å². The van der Waals surface area contributed by atoms with Gasteiger partial charge in [-0.15, -0.1) is 0 Å². The van der Waals surface area contributed by atoms with E-state index in [0.717, 1.165) is 12.3 Å². The molecule has 1 aromatic rings. The fourth-order valence-electron chi connectivity index (χ4n) is 1.30. The summed E-state index contributed by atoms with van der Waals surface area (Å²) in [5.41, 5.74) is 1.41. The average Bonchev–Trinajstić information content (AvgIpc) is 2.90. The highest BCUT2D eigenvalue weighted by Crippen LogP contribution is 2.30. The Morgan fingerprint density at radius 1 is 1.17 bits per heavy atom. The van der Waals surface area contributed by atoms with Crippen molar-refractivity contribution in [2.45, 2.75) is 19.3 Å². The first kappa shape index (κ1) is 7.60. The van der Waals surface area contributed by atoms with Crippen LogP contribution in [0.2, 0.25) is 0 Å². The third-order valence-electron chi connectivity index (χ3n) is 2.23. The standard InChI is InChI=1S/C12H14/c1-2-5-11(6-3-1)7-4-8-12-9-10-12/h1-6,8,12H,7,9-10H2/b8-4-. The highest BCUT2D eigenvalue weighted by atomic mass is 14.2. The summed E-state index contributed by atoms with van der Waals surface area (Å²) in [4.78, 5) is 0. The molecule has 2 rings (SSSR count). The Morgan fingerprint density at radius 2 is 1.92 bits per heavy atom. The Labute approximate surface area is 73.9 Å². The maximum Gasteiger partial charge on any atom is -0.00974 e. The lowest BCUT2D eigenvalue weighted by atomic mass is 10.1. The van der Waals surface area contributed by atoms with Crippen molar-refractivity contribution in [3.63, 3.8) is 0 Å². The number of benzene rings is 1. The molecule has 12 heavy (non-hydrogen) atoms. The first-order chi connectivity index (χ1) is 5.95. The lowest BCUT2D eigenvalue weighted by Crippen LogP contribution is -1.78. The molecule has 0 spiro atoms. The monoisotopic (exact) mass is 158 g/mol. The third kappa shape index (κ3) is 2.23. The number of allylic oxidation sites excluding steroid dienone is 2. The molecule has 0 atom stereocenters. The van der Waals surface area contributed by atoms with Gasteiger partial charge >= 0.3 is 0 Å². The zero-order valence-corrected chi connectivity index (χ0v) is 7.24. The number of rotatable bonds is 3. The van der Waals surface area contributed by atoms with Crippen LogP contribution >= 0.6 is 0 Å². The summed E-state index contributed by atoms with van der Waals surface area (Å²) in [5, 5.41) is 0. The van der Waals surface area contributed by atoms with Crippen molar-refractivity contribution in [2.24, 2.45) is 5.92 Å². The molecule has 0 unspecified atom stereocenters. The van der Waals surface area contributed by atoms with E-state index < -0.39 is 0 Å². The molecule has 0 N–H and O–H groups in total. The minimum absolute atomic E-state index is 0.911. The second-order valence-corrected chi connectivity index (χ2v) is 3.46. The summed E-state index contributed by atoms with van der Waals surface area (Å²) in [5.74, 6) is 0.911. The van der Waals surface area contributed by atoms with Gasteiger partial charge < -0.3 is 0 Å². The second-order valence-electron chi connectivity index (χ2n) is 3.46. The topological polar surface area (TPSA) is 0 Å². The highest BCUT2D eigenvalue weighted by Gasteiger charge is 2.16. The number of hydrogen-bond donors (Lipinski definition) is 0. The van der Waals surface area contributed by atoms with Crippen LogP contribution in [-0.2, 0) is 6.42 Å². The second kappa shape index (κ2) is 3.57. The molecule has 1 aliphatic carbocycles. The molecular weight excluding hydrogens is 144 g/mol. The quantitative estimate of drug-likeness (QED) is 0.592. The minimum Gasteiger partial charge on any atom is -0.0851 e. The molecule has 0 radical (unpaired) electrons. The van der Waals surface area contributed by atoms with Crippen LogP contribution in [-0.4, -0.2) is 0 Å². The Balaban J connectivity index is 1.86. The third-order valence-corrected chi connectivity index (χ3v) is 2.23. The van der Waals surface area contributed by atoms with Crippen molar-refractivity contribution < 1.29 is 0 Å². The zero-order valence-electron chi connectivity index (χ0n) is 7.24. The summed E-state index contributed by atoms with van der Waals surface area (Å²) in [7, 11) is 0. The molecule has 0 nitrogen and oxygen atoms in total. The molecule has 0 aliphatic heterocycles. The Hall–Kier alpha value is -1.04. The molecule has 0 bridgehead atoms. The van der Waals surface area contributed by atoms with Crippen LogP contribution in [0.5, 0.6) is 0 Å². The maximum atomic E-state index is 2.35. The Morgan fingerprint density at radius 3 is 2.58 bits per heavy atom. The van der Waals surface area contributed by atoms with E-state index in [0.29, 0.717) is 0 Å². The van der Waals surface area contributed by atoms with Crippen molar-refractivity contribution >= 4 is 0 Å². The molecule has 0 heterocycles. The summed E-state index contributed by atoms with van der Waals surface area (Å²) in [6.07, 6.45) is 8.56. The van der Waals surface area contributed by atoms with Crippen LogP contribution in [0.4, 0.5) is 0 Å². The van der Waals surface area contributed by atoms with Gasteiger partial charge in [-0.05, 0) is 30.7 Å². The molecule has 0 heteroatoms. The predicted molar refractivity (Wildman–Crippen MR) is 52.0 cm³/mol. The summed E-state index contributed by atoms with van der Waals surface area (Å²) in [6.45, 7) is 0. The van der Waals surface area contributed by atoms with Crippen molar-refractivity contribution in [1.29, 1.82) is 0 Å². The molecule has 1 aliphatic rings. The average molecular weight is 158 g/mol. The van der Waals surface area contributed by atoms with Crippen molar-refractivity contribution in [3.8, 4) is 0 Å². The Kier molecular flexibility index (Phi) is 2.26. The van der Waals surface area contributed by atoms with Gasteiger partial charge in [0.15, 0.2) is 0 Å². The van der Waals surface area contributed by atoms with Gasteiger partial charge in [0.05, 0.1) is 0 Å². The van der Waals surface area contributed by atoms with Gasteiger partial charge in [0.25, 0.3) is 0 Å². The summed E-state index contributed by atoms with van der Waals surface area (Å²) >= 11 is 0. The van der Waals surface area contributed by atoms with E-state index in [-0.39, 0.29) is 0 Å². The van der Waals surface area contributed by atoms with Crippen LogP contribution in [0, 0.1) is 5.92 Å². The highest BCUT2D eigenvalue weighted by molar-refractivity contribution is 5.17. The first-order valence-electron chi connectivity index (χ1n) is 4.66. The van der Waals surface area contributed by atoms with Crippen LogP contribution < -0.4 is 0 Å². The fraction of sp³-hybridized carbons (Fsp3) is 0.333. The van der Waals surface area contributed by atoms with Crippen LogP contribution in [0.3, 0.4) is 0 Å². The lowest BCUT2D eigenvalue weighted by Gasteiger charge is -1.93. The van der Waals surface area contributed by atoms with E-state index in [1.165, 1.54) is 18.4 Å². The number of hydrogen-bond acceptors (Lipinski definition) is 0. The molecular formula is C12H14. The van der Waals surface area contributed by atoms with Crippen LogP contribution in [0.25, 0.3) is 0 Å². The fourth-order valence-corrected chi connectivity index (χ4v) is 1.30. The molecule has 1 saturated carbocycles. The van der Waals surface area contributed by atoms with E-state index in [1.807, 2.05) is 0 Å². The van der Waals surface area contributed by atoms with Gasteiger partial charge in [-0.2, -0.15) is 0 Å². The largest absolute Gasteiger partial charge is 0.0851 e. The first-order valence-corrected chi connectivity index (χ1v) is 4.66. The molecule has 1 aromatic carbocycles. The van der Waals surface area contributed by atoms with Gasteiger partial charge in [-0.25, -0.2) is 0 Å². The summed E-state index contributed by atoms with van der Waals surface area (Å²) < 4.78 is 0. The van der Waals surface area contributed by atoms with E-state index >= 15 is 0 Å². The molecule has 62 valence electrons. The van der Waals surface area contributed by atoms with Gasteiger partial charge in [0.2, 0.25) is 0 Å². The Bertz CT molecular complexity index is 255. The molecule has 0 aromatic heterocycles. The van der Waals surface area contributed by atoms with Crippen LogP contribution in [0.15, 0.2) is 42.5 Å². The SMILES string of the molecule is C(=C/C1CC1)/Cc1ccccc1. The van der Waals surface area contributed by atoms with E-state index in [4.69, 9.17) is 0 Å². The van der Waals surface area contributed by atoms with Crippen molar-refractivity contribution in [2.75, 3.05) is 0 Å². The van der Waals surface area contributed by atoms with Crippen LogP contribution in [0.1, 0.15) is 18.4 Å². The zero-order chi connectivity index (χ0) is 8.23. The van der Waals surface area contributed by atoms with E-state index in [1.54, 1.807) is 0 Å². The van der Waals surface area contributed by atoms with E-state index in [2.05, 4.69) is 42.5 Å². The predicted octanol–water partition coefficient (Wildman–Crippen LogP) is 3.20. The molecule has 1 fully saturated rings. The summed E-state index contributed by atoms with van der Waals surface area (Å²) in [6, 6.07) is 10.6. The van der Waals surface area contributed by atoms with Gasteiger partial charge in [-0.3, -0.25) is 0 Å². The van der Waals surface area contributed by atoms with Gasteiger partial charge in [0, 0.05) is 0 Å².